The third-order valence-electron chi connectivity index (χ3n) is 1.67. The standard InChI is InChI=1S/C7H8O3S.3CH3.Pb/c1-6-2-4-7(5-3-6)11(8,9)10;;;;/h2-5H,1H3,(H,8,9,10);3*1H3;/q;;;;+1/p-1. The van der Waals surface area contributed by atoms with Crippen LogP contribution in [0.15, 0.2) is 29.2 Å². The van der Waals surface area contributed by atoms with E-state index in [1.165, 1.54) is 0 Å². The van der Waals surface area contributed by atoms with Gasteiger partial charge in [-0.25, -0.2) is 0 Å². The number of hydrogen-bond donors (Lipinski definition) is 0. The van der Waals surface area contributed by atoms with Crippen LogP contribution in [-0.2, 0) is 12.3 Å². The van der Waals surface area contributed by atoms with Gasteiger partial charge in [-0.2, -0.15) is 0 Å². The molecule has 0 radical (unpaired) electrons. The second-order valence-corrected chi connectivity index (χ2v) is 24.4. The molecule has 0 saturated carbocycles. The van der Waals surface area contributed by atoms with Crippen molar-refractivity contribution < 1.29 is 10.6 Å². The summed E-state index contributed by atoms with van der Waals surface area (Å²) in [6, 6.07) is 6.72. The second-order valence-electron chi connectivity index (χ2n) is 4.46. The van der Waals surface area contributed by atoms with Crippen molar-refractivity contribution in [1.82, 2.24) is 0 Å². The third-order valence-corrected chi connectivity index (χ3v) is 11.6. The third kappa shape index (κ3) is 4.20. The molecule has 84 valence electrons. The van der Waals surface area contributed by atoms with Crippen molar-refractivity contribution in [2.24, 2.45) is 0 Å². The fourth-order valence-corrected chi connectivity index (χ4v) is 11.1. The van der Waals surface area contributed by atoms with E-state index in [1.807, 2.05) is 20.4 Å². The van der Waals surface area contributed by atoms with Gasteiger partial charge in [0.2, 0.25) is 0 Å². The molecule has 0 bridgehead atoms. The Hall–Kier alpha value is 0.0521. The van der Waals surface area contributed by atoms with E-state index in [2.05, 4.69) is 0 Å². The molecule has 0 spiro atoms. The maximum absolute atomic E-state index is 11.8. The van der Waals surface area contributed by atoms with Gasteiger partial charge in [0.15, 0.2) is 0 Å². The molecule has 1 aromatic carbocycles. The van der Waals surface area contributed by atoms with Gasteiger partial charge in [-0.1, -0.05) is 0 Å². The zero-order chi connectivity index (χ0) is 11.7. The van der Waals surface area contributed by atoms with E-state index >= 15 is 0 Å². The Kier molecular flexibility index (Phi) is 3.94. The summed E-state index contributed by atoms with van der Waals surface area (Å²) in [7, 11) is -3.54. The van der Waals surface area contributed by atoms with Gasteiger partial charge in [-0.15, -0.1) is 0 Å². The Morgan fingerprint density at radius 2 is 1.53 bits per heavy atom. The summed E-state index contributed by atoms with van der Waals surface area (Å²) >= 11 is -2.90. The summed E-state index contributed by atoms with van der Waals surface area (Å²) in [6.45, 7) is 1.92. The van der Waals surface area contributed by atoms with Gasteiger partial charge in [0.25, 0.3) is 0 Å². The van der Waals surface area contributed by atoms with Crippen molar-refractivity contribution in [2.75, 3.05) is 0 Å². The van der Waals surface area contributed by atoms with Crippen molar-refractivity contribution in [3.63, 3.8) is 0 Å². The molecule has 0 aromatic heterocycles. The van der Waals surface area contributed by atoms with Crippen molar-refractivity contribution in [2.45, 2.75) is 25.3 Å². The number of benzene rings is 1. The number of rotatable bonds is 3. The zero-order valence-corrected chi connectivity index (χ0v) is 14.1. The monoisotopic (exact) mass is 424 g/mol. The molecule has 15 heavy (non-hydrogen) atoms. The van der Waals surface area contributed by atoms with E-state index in [9.17, 15) is 8.42 Å². The van der Waals surface area contributed by atoms with Gasteiger partial charge in [0, 0.05) is 0 Å². The molecule has 0 amide bonds. The molecule has 0 fully saturated rings. The predicted octanol–water partition coefficient (Wildman–Crippen LogP) is 2.54. The normalized spacial score (nSPS) is 12.8. The minimum absolute atomic E-state index is 0.253. The summed E-state index contributed by atoms with van der Waals surface area (Å²) in [5, 5.41) is 0. The van der Waals surface area contributed by atoms with Crippen LogP contribution in [0.3, 0.4) is 0 Å². The molecule has 3 nitrogen and oxygen atoms in total. The summed E-state index contributed by atoms with van der Waals surface area (Å²) in [4.78, 5) is 0.253. The van der Waals surface area contributed by atoms with Crippen LogP contribution >= 0.6 is 0 Å². The summed E-state index contributed by atoms with van der Waals surface area (Å²) in [5.74, 6) is 0. The molecule has 0 N–H and O–H groups in total. The topological polar surface area (TPSA) is 43.4 Å². The molecule has 5 heteroatoms. The van der Waals surface area contributed by atoms with Crippen molar-refractivity contribution in [3.05, 3.63) is 29.8 Å². The summed E-state index contributed by atoms with van der Waals surface area (Å²) in [6.07, 6.45) is 0. The maximum atomic E-state index is 11.8. The van der Waals surface area contributed by atoms with Gasteiger partial charge >= 0.3 is 97.4 Å². The Labute approximate surface area is 96.9 Å². The van der Waals surface area contributed by atoms with E-state index in [0.717, 1.165) is 5.56 Å². The van der Waals surface area contributed by atoms with Crippen LogP contribution in [0.25, 0.3) is 0 Å². The summed E-state index contributed by atoms with van der Waals surface area (Å²) in [5.41, 5.74) is 1.04. The van der Waals surface area contributed by atoms with Crippen LogP contribution in [0.2, 0.25) is 13.4 Å². The fraction of sp³-hybridized carbons (Fsp3) is 0.400. The van der Waals surface area contributed by atoms with Crippen molar-refractivity contribution >= 4 is 31.7 Å². The number of hydrogen-bond acceptors (Lipinski definition) is 3. The molecule has 0 saturated heterocycles. The molecule has 0 aliphatic carbocycles. The average Bonchev–Trinajstić information content (AvgIpc) is 2.00. The Morgan fingerprint density at radius 1 is 1.07 bits per heavy atom. The fourth-order valence-electron chi connectivity index (χ4n) is 1.08. The molecular formula is C10H16O3PbS. The van der Waals surface area contributed by atoms with Crippen LogP contribution in [0.4, 0.5) is 0 Å². The van der Waals surface area contributed by atoms with Crippen LogP contribution in [-0.4, -0.2) is 30.0 Å². The Morgan fingerprint density at radius 3 is 1.93 bits per heavy atom. The number of aryl methyl sites for hydroxylation is 1. The first-order valence-electron chi connectivity index (χ1n) is 4.73. The Balaban J connectivity index is 3.02. The van der Waals surface area contributed by atoms with Gasteiger partial charge < -0.3 is 0 Å². The van der Waals surface area contributed by atoms with Crippen LogP contribution < -0.4 is 0 Å². The molecule has 1 rings (SSSR count). The first-order valence-corrected chi connectivity index (χ1v) is 19.4. The van der Waals surface area contributed by atoms with Crippen LogP contribution in [0.1, 0.15) is 5.56 Å². The van der Waals surface area contributed by atoms with E-state index < -0.39 is 31.7 Å². The average molecular weight is 424 g/mol. The zero-order valence-electron chi connectivity index (χ0n) is 9.44. The predicted molar refractivity (Wildman–Crippen MR) is 62.8 cm³/mol. The van der Waals surface area contributed by atoms with Crippen LogP contribution in [0.5, 0.6) is 0 Å². The first-order chi connectivity index (χ1) is 6.71. The van der Waals surface area contributed by atoms with Crippen LogP contribution in [0, 0.1) is 6.92 Å². The molecule has 0 atom stereocenters. The molecular weight excluding hydrogens is 407 g/mol. The summed E-state index contributed by atoms with van der Waals surface area (Å²) < 4.78 is 34.6. The second kappa shape index (κ2) is 4.50. The van der Waals surface area contributed by atoms with Gasteiger partial charge in [-0.3, -0.25) is 0 Å². The van der Waals surface area contributed by atoms with E-state index in [-0.39, 0.29) is 4.90 Å². The molecule has 0 heterocycles. The minimum atomic E-state index is -3.54. The molecule has 1 aromatic rings. The van der Waals surface area contributed by atoms with E-state index in [0.29, 0.717) is 0 Å². The molecule has 0 unspecified atom stereocenters. The van der Waals surface area contributed by atoms with Gasteiger partial charge in [-0.05, 0) is 0 Å². The van der Waals surface area contributed by atoms with Crippen molar-refractivity contribution in [1.29, 1.82) is 0 Å². The van der Waals surface area contributed by atoms with Gasteiger partial charge in [0.05, 0.1) is 0 Å². The molecule has 0 aliphatic heterocycles. The molecule has 0 aliphatic rings. The first kappa shape index (κ1) is 13.1. The SMILES string of the molecule is Cc1ccc(S(=O)(=O)[O][Pb]([CH3])([CH3])[CH3])cc1. The quantitative estimate of drug-likeness (QED) is 0.702. The van der Waals surface area contributed by atoms with Gasteiger partial charge in [0.1, 0.15) is 0 Å². The Bertz CT molecular complexity index is 429. The van der Waals surface area contributed by atoms with E-state index in [4.69, 9.17) is 2.13 Å². The van der Waals surface area contributed by atoms with Crippen molar-refractivity contribution in [3.8, 4) is 0 Å². The van der Waals surface area contributed by atoms with E-state index in [1.54, 1.807) is 24.3 Å².